The number of aliphatic hydroxyl groups is 2. The second-order valence-electron chi connectivity index (χ2n) is 8.59. The third-order valence-corrected chi connectivity index (χ3v) is 6.96. The number of fused-ring (bicyclic) bond motifs is 3. The van der Waals surface area contributed by atoms with Gasteiger partial charge in [0, 0.05) is 32.6 Å². The zero-order chi connectivity index (χ0) is 25.2. The van der Waals surface area contributed by atoms with Crippen LogP contribution in [-0.4, -0.2) is 52.1 Å². The Balaban J connectivity index is 1.50. The number of carbonyl (C=O) groups is 1. The minimum Gasteiger partial charge on any atom is -0.491 e. The van der Waals surface area contributed by atoms with Gasteiger partial charge in [-0.2, -0.15) is 0 Å². The average Bonchev–Trinajstić information content (AvgIpc) is 3.26. The number of rotatable bonds is 6. The number of aliphatic hydroxyl groups excluding tert-OH is 2. The lowest BCUT2D eigenvalue weighted by Gasteiger charge is -2.35. The highest BCUT2D eigenvalue weighted by molar-refractivity contribution is 9.10. The third kappa shape index (κ3) is 5.08. The molecule has 0 saturated heterocycles. The third-order valence-electron chi connectivity index (χ3n) is 6.19. The summed E-state index contributed by atoms with van der Waals surface area (Å²) >= 11 is 9.68. The number of hydrogen-bond acceptors (Lipinski definition) is 5. The van der Waals surface area contributed by atoms with Gasteiger partial charge in [-0.1, -0.05) is 39.7 Å². The molecule has 1 aliphatic rings. The fraction of sp³-hybridized carbons (Fsp3) is 0.222. The van der Waals surface area contributed by atoms with Crippen LogP contribution in [0.2, 0.25) is 5.02 Å². The summed E-state index contributed by atoms with van der Waals surface area (Å²) in [5, 5.41) is 20.3. The summed E-state index contributed by atoms with van der Waals surface area (Å²) in [7, 11) is 0. The highest BCUT2D eigenvalue weighted by Crippen LogP contribution is 2.40. The standard InChI is InChI=1S/C27H24BrClN2O5/c28-17-3-8-21(9-4-17)36-27(34)31-12-11-22-23-13-18(29)5-10-24(23)30-25(22)26(31)16-1-6-20(7-2-16)35-15-19(33)14-32/h1-10,13,19,26,30,32-33H,11-12,14-15H2. The van der Waals surface area contributed by atoms with Crippen LogP contribution >= 0.6 is 27.5 Å². The molecule has 3 N–H and O–H groups in total. The van der Waals surface area contributed by atoms with Crippen molar-refractivity contribution in [2.45, 2.75) is 18.6 Å². The summed E-state index contributed by atoms with van der Waals surface area (Å²) < 4.78 is 12.2. The molecule has 2 atom stereocenters. The lowest BCUT2D eigenvalue weighted by molar-refractivity contribution is 0.0536. The molecule has 1 aromatic heterocycles. The average molecular weight is 572 g/mol. The fourth-order valence-corrected chi connectivity index (χ4v) is 4.89. The molecule has 0 saturated carbocycles. The molecule has 1 aliphatic heterocycles. The molecule has 0 fully saturated rings. The Kier molecular flexibility index (Phi) is 7.20. The maximum Gasteiger partial charge on any atom is 0.416 e. The first kappa shape index (κ1) is 24.6. The van der Waals surface area contributed by atoms with Gasteiger partial charge in [-0.3, -0.25) is 4.90 Å². The van der Waals surface area contributed by atoms with Crippen molar-refractivity contribution in [2.75, 3.05) is 19.8 Å². The van der Waals surface area contributed by atoms with Crippen LogP contribution in [0, 0.1) is 0 Å². The van der Waals surface area contributed by atoms with Gasteiger partial charge in [-0.05, 0) is 72.1 Å². The Morgan fingerprint density at radius 1 is 1.11 bits per heavy atom. The predicted octanol–water partition coefficient (Wildman–Crippen LogP) is 5.46. The number of nitrogens with zero attached hydrogens (tertiary/aromatic N) is 1. The molecule has 3 aromatic carbocycles. The van der Waals surface area contributed by atoms with Gasteiger partial charge >= 0.3 is 6.09 Å². The zero-order valence-electron chi connectivity index (χ0n) is 19.2. The van der Waals surface area contributed by atoms with Crippen LogP contribution in [0.25, 0.3) is 10.9 Å². The van der Waals surface area contributed by atoms with E-state index >= 15 is 0 Å². The number of ether oxygens (including phenoxy) is 2. The summed E-state index contributed by atoms with van der Waals surface area (Å²) in [6.45, 7) is 0.0774. The van der Waals surface area contributed by atoms with Crippen LogP contribution in [-0.2, 0) is 6.42 Å². The lowest BCUT2D eigenvalue weighted by Crippen LogP contribution is -2.42. The van der Waals surface area contributed by atoms with Gasteiger partial charge in [0.15, 0.2) is 0 Å². The number of amides is 1. The van der Waals surface area contributed by atoms with Crippen LogP contribution in [0.15, 0.2) is 71.2 Å². The highest BCUT2D eigenvalue weighted by atomic mass is 79.9. The topological polar surface area (TPSA) is 95.0 Å². The molecule has 7 nitrogen and oxygen atoms in total. The number of aromatic amines is 1. The molecule has 9 heteroatoms. The number of halogens is 2. The van der Waals surface area contributed by atoms with Gasteiger partial charge in [0.25, 0.3) is 0 Å². The van der Waals surface area contributed by atoms with Crippen LogP contribution in [0.5, 0.6) is 11.5 Å². The predicted molar refractivity (Wildman–Crippen MR) is 141 cm³/mol. The maximum atomic E-state index is 13.4. The second kappa shape index (κ2) is 10.5. The molecule has 4 aromatic rings. The molecule has 0 bridgehead atoms. The second-order valence-corrected chi connectivity index (χ2v) is 9.94. The van der Waals surface area contributed by atoms with E-state index in [1.165, 1.54) is 0 Å². The highest BCUT2D eigenvalue weighted by Gasteiger charge is 2.35. The summed E-state index contributed by atoms with van der Waals surface area (Å²) in [4.78, 5) is 18.6. The van der Waals surface area contributed by atoms with E-state index in [0.29, 0.717) is 29.5 Å². The molecule has 0 spiro atoms. The van der Waals surface area contributed by atoms with Crippen molar-refractivity contribution >= 4 is 44.5 Å². The molecule has 5 rings (SSSR count). The van der Waals surface area contributed by atoms with Crippen molar-refractivity contribution < 1.29 is 24.5 Å². The number of H-pyrrole nitrogens is 1. The van der Waals surface area contributed by atoms with Gasteiger partial charge in [-0.15, -0.1) is 0 Å². The minimum atomic E-state index is -0.951. The first-order chi connectivity index (χ1) is 17.4. The number of nitrogens with one attached hydrogen (secondary N) is 1. The first-order valence-electron chi connectivity index (χ1n) is 11.5. The molecule has 1 amide bonds. The Hall–Kier alpha value is -3.04. The van der Waals surface area contributed by atoms with Crippen LogP contribution in [0.4, 0.5) is 4.79 Å². The molecule has 186 valence electrons. The Morgan fingerprint density at radius 3 is 2.56 bits per heavy atom. The van der Waals surface area contributed by atoms with E-state index in [9.17, 15) is 9.90 Å². The monoisotopic (exact) mass is 570 g/mol. The summed E-state index contributed by atoms with van der Waals surface area (Å²) in [5.74, 6) is 1.01. The van der Waals surface area contributed by atoms with Gasteiger partial charge < -0.3 is 24.7 Å². The molecular formula is C27H24BrClN2O5. The van der Waals surface area contributed by atoms with Gasteiger partial charge in [0.2, 0.25) is 0 Å². The summed E-state index contributed by atoms with van der Waals surface area (Å²) in [5.41, 5.74) is 3.86. The van der Waals surface area contributed by atoms with Crippen molar-refractivity contribution in [1.29, 1.82) is 0 Å². The van der Waals surface area contributed by atoms with E-state index in [-0.39, 0.29) is 13.2 Å². The van der Waals surface area contributed by atoms with Crippen LogP contribution < -0.4 is 9.47 Å². The van der Waals surface area contributed by atoms with Crippen molar-refractivity contribution in [3.63, 3.8) is 0 Å². The SMILES string of the molecule is O=C(Oc1ccc(Br)cc1)N1CCc2c([nH]c3ccc(Cl)cc23)C1c1ccc(OCC(O)CO)cc1. The van der Waals surface area contributed by atoms with Crippen LogP contribution in [0.3, 0.4) is 0 Å². The Bertz CT molecular complexity index is 1370. The van der Waals surface area contributed by atoms with Crippen LogP contribution in [0.1, 0.15) is 22.9 Å². The van der Waals surface area contributed by atoms with E-state index in [4.69, 9.17) is 26.2 Å². The van der Waals surface area contributed by atoms with Gasteiger partial charge in [-0.25, -0.2) is 4.79 Å². The Labute approximate surface area is 221 Å². The minimum absolute atomic E-state index is 0.0160. The zero-order valence-corrected chi connectivity index (χ0v) is 21.5. The molecule has 0 radical (unpaired) electrons. The first-order valence-corrected chi connectivity index (χ1v) is 12.7. The largest absolute Gasteiger partial charge is 0.491 e. The number of carbonyl (C=O) groups excluding carboxylic acids is 1. The molecular weight excluding hydrogens is 548 g/mol. The lowest BCUT2D eigenvalue weighted by atomic mass is 9.92. The quantitative estimate of drug-likeness (QED) is 0.286. The van der Waals surface area contributed by atoms with E-state index in [1.807, 2.05) is 42.5 Å². The van der Waals surface area contributed by atoms with E-state index in [0.717, 1.165) is 32.2 Å². The number of hydrogen-bond donors (Lipinski definition) is 3. The van der Waals surface area contributed by atoms with Gasteiger partial charge in [0.1, 0.15) is 30.3 Å². The van der Waals surface area contributed by atoms with Crippen molar-refractivity contribution in [3.05, 3.63) is 93.0 Å². The van der Waals surface area contributed by atoms with Crippen molar-refractivity contribution in [1.82, 2.24) is 9.88 Å². The van der Waals surface area contributed by atoms with Crippen molar-refractivity contribution in [3.8, 4) is 11.5 Å². The fourth-order valence-electron chi connectivity index (χ4n) is 4.46. The normalized spacial score (nSPS) is 16.0. The molecule has 0 aliphatic carbocycles. The number of benzene rings is 3. The van der Waals surface area contributed by atoms with E-state index in [2.05, 4.69) is 20.9 Å². The van der Waals surface area contributed by atoms with E-state index < -0.39 is 18.2 Å². The summed E-state index contributed by atoms with van der Waals surface area (Å²) in [6, 6.07) is 19.8. The van der Waals surface area contributed by atoms with E-state index in [1.54, 1.807) is 29.2 Å². The number of aromatic nitrogens is 1. The molecule has 36 heavy (non-hydrogen) atoms. The molecule has 2 unspecified atom stereocenters. The maximum absolute atomic E-state index is 13.4. The smallest absolute Gasteiger partial charge is 0.416 e. The molecule has 2 heterocycles. The van der Waals surface area contributed by atoms with Gasteiger partial charge in [0.05, 0.1) is 6.61 Å². The summed E-state index contributed by atoms with van der Waals surface area (Å²) in [6.07, 6.45) is -0.745. The van der Waals surface area contributed by atoms with Crippen molar-refractivity contribution in [2.24, 2.45) is 0 Å². The Morgan fingerprint density at radius 2 is 1.83 bits per heavy atom.